The van der Waals surface area contributed by atoms with Crippen LogP contribution in [0.3, 0.4) is 0 Å². The largest absolute Gasteiger partial charge is 0.355 e. The van der Waals surface area contributed by atoms with Crippen LogP contribution in [0, 0.1) is 17.7 Å². The molecule has 7 rings (SSSR count). The van der Waals surface area contributed by atoms with Crippen LogP contribution in [0.25, 0.3) is 33.5 Å². The molecule has 0 spiro atoms. The lowest BCUT2D eigenvalue weighted by Gasteiger charge is -2.26. The predicted molar refractivity (Wildman–Crippen MR) is 131 cm³/mol. The number of rotatable bonds is 4. The molecule has 4 heterocycles. The lowest BCUT2D eigenvalue weighted by atomic mass is 9.91. The summed E-state index contributed by atoms with van der Waals surface area (Å²) in [5, 5.41) is 7.55. The number of hydrogen-bond donors (Lipinski definition) is 2. The monoisotopic (exact) mass is 466 g/mol. The summed E-state index contributed by atoms with van der Waals surface area (Å²) in [6, 6.07) is 12.7. The highest BCUT2D eigenvalue weighted by atomic mass is 19.1. The van der Waals surface area contributed by atoms with Gasteiger partial charge in [0.15, 0.2) is 0 Å². The molecule has 1 aliphatic carbocycles. The topological polar surface area (TPSA) is 110 Å². The molecule has 1 saturated heterocycles. The van der Waals surface area contributed by atoms with Gasteiger partial charge in [0, 0.05) is 43.0 Å². The summed E-state index contributed by atoms with van der Waals surface area (Å²) in [6.07, 6.45) is 6.21. The van der Waals surface area contributed by atoms with Gasteiger partial charge in [0.25, 0.3) is 0 Å². The number of anilines is 1. The molecule has 2 fully saturated rings. The molecule has 8 nitrogen and oxygen atoms in total. The quantitative estimate of drug-likeness (QED) is 0.417. The Hall–Kier alpha value is -3.98. The van der Waals surface area contributed by atoms with Gasteiger partial charge in [-0.05, 0) is 48.1 Å². The van der Waals surface area contributed by atoms with E-state index in [0.717, 1.165) is 58.7 Å². The molecule has 1 saturated carbocycles. The van der Waals surface area contributed by atoms with E-state index in [0.29, 0.717) is 24.0 Å². The maximum Gasteiger partial charge on any atom is 0.202 e. The molecule has 3 unspecified atom stereocenters. The van der Waals surface area contributed by atoms with E-state index < -0.39 is 0 Å². The van der Waals surface area contributed by atoms with Crippen molar-refractivity contribution in [2.24, 2.45) is 17.6 Å². The van der Waals surface area contributed by atoms with Crippen molar-refractivity contribution < 1.29 is 4.39 Å². The first kappa shape index (κ1) is 20.4. The number of hydrogen-bond acceptors (Lipinski definition) is 7. The highest BCUT2D eigenvalue weighted by Gasteiger charge is 2.65. The summed E-state index contributed by atoms with van der Waals surface area (Å²) >= 11 is 0. The van der Waals surface area contributed by atoms with Gasteiger partial charge in [0.05, 0.1) is 22.9 Å². The van der Waals surface area contributed by atoms with Gasteiger partial charge in [-0.1, -0.05) is 18.2 Å². The minimum atomic E-state index is -0.218. The van der Waals surface area contributed by atoms with Crippen LogP contribution >= 0.6 is 0 Å². The average molecular weight is 467 g/mol. The minimum absolute atomic E-state index is 0.0849. The summed E-state index contributed by atoms with van der Waals surface area (Å²) in [5.74, 6) is 1.52. The summed E-state index contributed by atoms with van der Waals surface area (Å²) in [4.78, 5) is 20.6. The van der Waals surface area contributed by atoms with Gasteiger partial charge in [-0.15, -0.1) is 0 Å². The maximum absolute atomic E-state index is 13.5. The number of H-pyrrole nitrogens is 1. The van der Waals surface area contributed by atoms with E-state index >= 15 is 0 Å². The van der Waals surface area contributed by atoms with Crippen LogP contribution < -0.4 is 10.6 Å². The highest BCUT2D eigenvalue weighted by molar-refractivity contribution is 5.91. The van der Waals surface area contributed by atoms with Gasteiger partial charge < -0.3 is 10.6 Å². The van der Waals surface area contributed by atoms with E-state index in [2.05, 4.69) is 25.1 Å². The fourth-order valence-corrected chi connectivity index (χ4v) is 6.05. The van der Waals surface area contributed by atoms with E-state index in [1.54, 1.807) is 12.4 Å². The number of piperidine rings is 1. The number of aromatic nitrogens is 6. The van der Waals surface area contributed by atoms with Crippen LogP contribution in [-0.4, -0.2) is 49.8 Å². The van der Waals surface area contributed by atoms with Crippen molar-refractivity contribution in [1.29, 1.82) is 0 Å². The Kier molecular flexibility index (Phi) is 4.38. The molecular weight excluding hydrogens is 443 g/mol. The Morgan fingerprint density at radius 2 is 1.86 bits per heavy atom. The number of aromatic amines is 1. The Morgan fingerprint density at radius 1 is 1.03 bits per heavy atom. The molecular formula is C26H23FN8. The van der Waals surface area contributed by atoms with E-state index in [9.17, 15) is 4.39 Å². The molecule has 0 amide bonds. The molecule has 0 bridgehead atoms. The molecule has 1 aliphatic heterocycles. The first-order chi connectivity index (χ1) is 17.2. The number of nitrogens with two attached hydrogens (primary N) is 1. The number of nitrogens with one attached hydrogen (secondary N) is 1. The van der Waals surface area contributed by atoms with E-state index in [1.807, 2.05) is 36.5 Å². The van der Waals surface area contributed by atoms with Gasteiger partial charge in [-0.3, -0.25) is 15.1 Å². The van der Waals surface area contributed by atoms with Gasteiger partial charge in [0.2, 0.25) is 5.65 Å². The van der Waals surface area contributed by atoms with Crippen LogP contribution in [0.5, 0.6) is 0 Å². The summed E-state index contributed by atoms with van der Waals surface area (Å²) < 4.78 is 13.5. The van der Waals surface area contributed by atoms with Crippen molar-refractivity contribution in [2.45, 2.75) is 11.8 Å². The first-order valence-corrected chi connectivity index (χ1v) is 11.8. The molecule has 2 aliphatic rings. The zero-order valence-electron chi connectivity index (χ0n) is 18.9. The molecule has 5 aromatic rings. The fraction of sp³-hybridized carbons (Fsp3) is 0.269. The Labute approximate surface area is 200 Å². The lowest BCUT2D eigenvalue weighted by molar-refractivity contribution is 0.545. The predicted octanol–water partition coefficient (Wildman–Crippen LogP) is 3.46. The van der Waals surface area contributed by atoms with Crippen molar-refractivity contribution in [2.75, 3.05) is 24.5 Å². The van der Waals surface area contributed by atoms with Crippen LogP contribution in [0.15, 0.2) is 61.1 Å². The second kappa shape index (κ2) is 7.51. The van der Waals surface area contributed by atoms with Crippen LogP contribution in [0.2, 0.25) is 0 Å². The third-order valence-electron chi connectivity index (χ3n) is 7.88. The van der Waals surface area contributed by atoms with Gasteiger partial charge >= 0.3 is 0 Å². The highest BCUT2D eigenvalue weighted by Crippen LogP contribution is 2.63. The van der Waals surface area contributed by atoms with Crippen LogP contribution in [-0.2, 0) is 5.41 Å². The average Bonchev–Trinajstić information content (AvgIpc) is 3.37. The summed E-state index contributed by atoms with van der Waals surface area (Å²) in [7, 11) is 0. The molecule has 35 heavy (non-hydrogen) atoms. The normalized spacial score (nSPS) is 23.5. The third-order valence-corrected chi connectivity index (χ3v) is 7.88. The smallest absolute Gasteiger partial charge is 0.202 e. The van der Waals surface area contributed by atoms with E-state index in [1.165, 1.54) is 12.1 Å². The van der Waals surface area contributed by atoms with Crippen LogP contribution in [0.4, 0.5) is 10.2 Å². The summed E-state index contributed by atoms with van der Waals surface area (Å²) in [5.41, 5.74) is 12.0. The van der Waals surface area contributed by atoms with Crippen LogP contribution in [0.1, 0.15) is 12.0 Å². The fourth-order valence-electron chi connectivity index (χ4n) is 6.05. The van der Waals surface area contributed by atoms with Crippen molar-refractivity contribution in [3.05, 3.63) is 72.4 Å². The zero-order valence-corrected chi connectivity index (χ0v) is 18.9. The van der Waals surface area contributed by atoms with E-state index in [4.69, 9.17) is 15.7 Å². The van der Waals surface area contributed by atoms with Crippen molar-refractivity contribution in [3.63, 3.8) is 0 Å². The van der Waals surface area contributed by atoms with Gasteiger partial charge in [-0.25, -0.2) is 14.4 Å². The third kappa shape index (κ3) is 3.04. The minimum Gasteiger partial charge on any atom is -0.355 e. The SMILES string of the molecule is NCC1(c2ccc(F)cc2)C2CCN(c3cnc4c(-c5ccc6nccnc6c5)[nH]nc4n3)CC21. The molecule has 0 radical (unpaired) electrons. The molecule has 3 atom stereocenters. The molecule has 9 heteroatoms. The zero-order chi connectivity index (χ0) is 23.6. The second-order valence-electron chi connectivity index (χ2n) is 9.46. The standard InChI is InChI=1S/C26H23FN8/c27-17-4-2-16(3-5-17)26(14-28)18-7-10-35(13-19(18)26)22-12-31-24-23(33-34-25(24)32-22)15-1-6-20-21(11-15)30-9-8-29-20/h1-6,8-9,11-12,18-19H,7,10,13-14,28H2,(H,32,33,34). The Bertz CT molecular complexity index is 1570. The number of halogens is 1. The molecule has 3 aromatic heterocycles. The Morgan fingerprint density at radius 3 is 2.69 bits per heavy atom. The molecule has 174 valence electrons. The number of nitrogens with zero attached hydrogens (tertiary/aromatic N) is 6. The van der Waals surface area contributed by atoms with Crippen molar-refractivity contribution in [1.82, 2.24) is 30.1 Å². The van der Waals surface area contributed by atoms with Gasteiger partial charge in [-0.2, -0.15) is 5.10 Å². The number of fused-ring (bicyclic) bond motifs is 3. The summed E-state index contributed by atoms with van der Waals surface area (Å²) in [6.45, 7) is 2.29. The molecule has 3 N–H and O–H groups in total. The lowest BCUT2D eigenvalue weighted by Crippen LogP contribution is -2.32. The molecule has 2 aromatic carbocycles. The maximum atomic E-state index is 13.5. The van der Waals surface area contributed by atoms with E-state index in [-0.39, 0.29) is 11.2 Å². The van der Waals surface area contributed by atoms with Crippen molar-refractivity contribution in [3.8, 4) is 11.3 Å². The Balaban J connectivity index is 1.17. The first-order valence-electron chi connectivity index (χ1n) is 11.8. The van der Waals surface area contributed by atoms with Crippen molar-refractivity contribution >= 4 is 28.0 Å². The number of benzene rings is 2. The van der Waals surface area contributed by atoms with Gasteiger partial charge in [0.1, 0.15) is 17.2 Å². The second-order valence-corrected chi connectivity index (χ2v) is 9.46.